The van der Waals surface area contributed by atoms with Gasteiger partial charge in [0.25, 0.3) is 5.91 Å². The molecule has 0 spiro atoms. The van der Waals surface area contributed by atoms with Gasteiger partial charge in [0.2, 0.25) is 0 Å². The standard InChI is InChI=1S/C13H13ClN4O/c1-8(2)10-6-9(7-11(14)16-10)13(19)17-12-4-3-5-15-18-12/h3-8H,1-2H3,(H,17,18,19). The van der Waals surface area contributed by atoms with Crippen molar-refractivity contribution in [3.63, 3.8) is 0 Å². The van der Waals surface area contributed by atoms with Gasteiger partial charge in [0, 0.05) is 17.5 Å². The highest BCUT2D eigenvalue weighted by Crippen LogP contribution is 2.18. The van der Waals surface area contributed by atoms with Gasteiger partial charge in [-0.1, -0.05) is 25.4 Å². The smallest absolute Gasteiger partial charge is 0.257 e. The summed E-state index contributed by atoms with van der Waals surface area (Å²) in [6, 6.07) is 6.61. The van der Waals surface area contributed by atoms with Crippen LogP contribution in [0.4, 0.5) is 5.82 Å². The Balaban J connectivity index is 2.24. The van der Waals surface area contributed by atoms with E-state index < -0.39 is 0 Å². The molecule has 0 saturated carbocycles. The third-order valence-corrected chi connectivity index (χ3v) is 2.68. The van der Waals surface area contributed by atoms with Crippen LogP contribution in [0.15, 0.2) is 30.5 Å². The Bertz CT molecular complexity index is 586. The molecule has 0 atom stereocenters. The first-order valence-corrected chi connectivity index (χ1v) is 6.20. The van der Waals surface area contributed by atoms with Crippen molar-refractivity contribution in [2.75, 3.05) is 5.32 Å². The number of amides is 1. The van der Waals surface area contributed by atoms with Gasteiger partial charge in [0.15, 0.2) is 5.82 Å². The Morgan fingerprint density at radius 2 is 2.16 bits per heavy atom. The zero-order valence-corrected chi connectivity index (χ0v) is 11.3. The molecule has 19 heavy (non-hydrogen) atoms. The lowest BCUT2D eigenvalue weighted by Gasteiger charge is -2.08. The van der Waals surface area contributed by atoms with Crippen LogP contribution in [-0.2, 0) is 0 Å². The molecule has 0 fully saturated rings. The van der Waals surface area contributed by atoms with E-state index in [1.165, 1.54) is 12.3 Å². The third-order valence-electron chi connectivity index (χ3n) is 2.48. The van der Waals surface area contributed by atoms with Crippen LogP contribution in [0.5, 0.6) is 0 Å². The molecule has 5 nitrogen and oxygen atoms in total. The van der Waals surface area contributed by atoms with Crippen LogP contribution in [0, 0.1) is 0 Å². The predicted molar refractivity (Wildman–Crippen MR) is 73.3 cm³/mol. The van der Waals surface area contributed by atoms with E-state index >= 15 is 0 Å². The summed E-state index contributed by atoms with van der Waals surface area (Å²) in [6.45, 7) is 3.98. The molecular weight excluding hydrogens is 264 g/mol. The summed E-state index contributed by atoms with van der Waals surface area (Å²) < 4.78 is 0. The van der Waals surface area contributed by atoms with Gasteiger partial charge in [-0.15, -0.1) is 5.10 Å². The maximum absolute atomic E-state index is 12.1. The van der Waals surface area contributed by atoms with Crippen molar-refractivity contribution in [1.29, 1.82) is 0 Å². The van der Waals surface area contributed by atoms with Gasteiger partial charge < -0.3 is 5.32 Å². The summed E-state index contributed by atoms with van der Waals surface area (Å²) in [5.74, 6) is 0.306. The maximum atomic E-state index is 12.1. The molecule has 0 radical (unpaired) electrons. The second-order valence-electron chi connectivity index (χ2n) is 4.32. The lowest BCUT2D eigenvalue weighted by molar-refractivity contribution is 0.102. The highest BCUT2D eigenvalue weighted by atomic mass is 35.5. The minimum absolute atomic E-state index is 0.196. The number of halogens is 1. The van der Waals surface area contributed by atoms with Crippen LogP contribution in [0.2, 0.25) is 5.15 Å². The SMILES string of the molecule is CC(C)c1cc(C(=O)Nc2cccnn2)cc(Cl)n1. The van der Waals surface area contributed by atoms with Gasteiger partial charge in [-0.25, -0.2) is 4.98 Å². The second kappa shape index (κ2) is 5.75. The molecule has 1 amide bonds. The summed E-state index contributed by atoms with van der Waals surface area (Å²) in [5.41, 5.74) is 1.23. The molecule has 2 aromatic rings. The number of carbonyl (C=O) groups is 1. The van der Waals surface area contributed by atoms with Crippen LogP contribution in [-0.4, -0.2) is 21.1 Å². The van der Waals surface area contributed by atoms with Crippen molar-refractivity contribution in [3.8, 4) is 0 Å². The van der Waals surface area contributed by atoms with E-state index in [0.717, 1.165) is 5.69 Å². The fourth-order valence-corrected chi connectivity index (χ4v) is 1.72. The second-order valence-corrected chi connectivity index (χ2v) is 4.71. The van der Waals surface area contributed by atoms with Gasteiger partial charge in [-0.05, 0) is 30.2 Å². The topological polar surface area (TPSA) is 67.8 Å². The van der Waals surface area contributed by atoms with E-state index in [9.17, 15) is 4.79 Å². The molecule has 2 rings (SSSR count). The molecule has 98 valence electrons. The Morgan fingerprint density at radius 3 is 2.79 bits per heavy atom. The van der Waals surface area contributed by atoms with Crippen molar-refractivity contribution in [2.45, 2.75) is 19.8 Å². The van der Waals surface area contributed by atoms with Crippen LogP contribution in [0.3, 0.4) is 0 Å². The summed E-state index contributed by atoms with van der Waals surface area (Å²) in [4.78, 5) is 16.3. The molecule has 0 aromatic carbocycles. The number of pyridine rings is 1. The van der Waals surface area contributed by atoms with Gasteiger partial charge in [0.05, 0.1) is 0 Å². The normalized spacial score (nSPS) is 10.5. The van der Waals surface area contributed by atoms with Gasteiger partial charge >= 0.3 is 0 Å². The molecule has 2 heterocycles. The first-order chi connectivity index (χ1) is 9.06. The molecule has 0 aliphatic heterocycles. The molecule has 0 saturated heterocycles. The monoisotopic (exact) mass is 276 g/mol. The summed E-state index contributed by atoms with van der Waals surface area (Å²) in [5, 5.41) is 10.4. The lowest BCUT2D eigenvalue weighted by atomic mass is 10.1. The van der Waals surface area contributed by atoms with E-state index in [2.05, 4.69) is 20.5 Å². The molecule has 0 unspecified atom stereocenters. The van der Waals surface area contributed by atoms with Crippen LogP contribution in [0.1, 0.15) is 35.8 Å². The van der Waals surface area contributed by atoms with Crippen molar-refractivity contribution in [1.82, 2.24) is 15.2 Å². The molecule has 0 aliphatic rings. The molecule has 0 aliphatic carbocycles. The molecule has 1 N–H and O–H groups in total. The number of rotatable bonds is 3. The third kappa shape index (κ3) is 3.48. The van der Waals surface area contributed by atoms with E-state index in [1.807, 2.05) is 13.8 Å². The summed E-state index contributed by atoms with van der Waals surface area (Å²) >= 11 is 5.92. The van der Waals surface area contributed by atoms with Crippen LogP contribution >= 0.6 is 11.6 Å². The Morgan fingerprint density at radius 1 is 1.37 bits per heavy atom. The first-order valence-electron chi connectivity index (χ1n) is 5.83. The number of anilines is 1. The van der Waals surface area contributed by atoms with E-state index in [0.29, 0.717) is 16.5 Å². The fraction of sp³-hybridized carbons (Fsp3) is 0.231. The minimum Gasteiger partial charge on any atom is -0.305 e. The molecule has 0 bridgehead atoms. The number of hydrogen-bond acceptors (Lipinski definition) is 4. The van der Waals surface area contributed by atoms with Crippen molar-refractivity contribution < 1.29 is 4.79 Å². The van der Waals surface area contributed by atoms with Gasteiger partial charge in [0.1, 0.15) is 5.15 Å². The van der Waals surface area contributed by atoms with E-state index in [-0.39, 0.29) is 11.8 Å². The summed E-state index contributed by atoms with van der Waals surface area (Å²) in [6.07, 6.45) is 1.54. The van der Waals surface area contributed by atoms with Crippen molar-refractivity contribution >= 4 is 23.3 Å². The Kier molecular flexibility index (Phi) is 4.06. The van der Waals surface area contributed by atoms with Gasteiger partial charge in [-0.2, -0.15) is 5.10 Å². The first kappa shape index (κ1) is 13.4. The largest absolute Gasteiger partial charge is 0.305 e. The van der Waals surface area contributed by atoms with Crippen LogP contribution in [0.25, 0.3) is 0 Å². The molecule has 2 aromatic heterocycles. The maximum Gasteiger partial charge on any atom is 0.257 e. The quantitative estimate of drug-likeness (QED) is 0.875. The predicted octanol–water partition coefficient (Wildman–Crippen LogP) is 2.90. The number of carbonyl (C=O) groups excluding carboxylic acids is 1. The van der Waals surface area contributed by atoms with E-state index in [4.69, 9.17) is 11.6 Å². The lowest BCUT2D eigenvalue weighted by Crippen LogP contribution is -2.14. The number of nitrogens with one attached hydrogen (secondary N) is 1. The highest BCUT2D eigenvalue weighted by Gasteiger charge is 2.12. The van der Waals surface area contributed by atoms with Crippen LogP contribution < -0.4 is 5.32 Å². The zero-order chi connectivity index (χ0) is 13.8. The average molecular weight is 277 g/mol. The molecular formula is C13H13ClN4O. The minimum atomic E-state index is -0.285. The summed E-state index contributed by atoms with van der Waals surface area (Å²) in [7, 11) is 0. The zero-order valence-electron chi connectivity index (χ0n) is 10.6. The van der Waals surface area contributed by atoms with Crippen molar-refractivity contribution in [3.05, 3.63) is 46.9 Å². The van der Waals surface area contributed by atoms with Crippen molar-refractivity contribution in [2.24, 2.45) is 0 Å². The number of hydrogen-bond donors (Lipinski definition) is 1. The van der Waals surface area contributed by atoms with E-state index in [1.54, 1.807) is 18.2 Å². The highest BCUT2D eigenvalue weighted by molar-refractivity contribution is 6.29. The number of aromatic nitrogens is 3. The molecule has 6 heteroatoms. The van der Waals surface area contributed by atoms with Gasteiger partial charge in [-0.3, -0.25) is 4.79 Å². The average Bonchev–Trinajstić information content (AvgIpc) is 2.39. The number of nitrogens with zero attached hydrogens (tertiary/aromatic N) is 3. The Hall–Kier alpha value is -2.01. The fourth-order valence-electron chi connectivity index (χ4n) is 1.50. The Labute approximate surface area is 116 Å².